The minimum atomic E-state index is -1.12. The molecular formula is C20H19As. The molecule has 0 aliphatic carbocycles. The van der Waals surface area contributed by atoms with Gasteiger partial charge in [0.25, 0.3) is 0 Å². The van der Waals surface area contributed by atoms with Gasteiger partial charge in [-0.15, -0.1) is 0 Å². The van der Waals surface area contributed by atoms with Crippen molar-refractivity contribution < 1.29 is 0 Å². The van der Waals surface area contributed by atoms with Gasteiger partial charge in [0, 0.05) is 0 Å². The molecule has 0 unspecified atom stereocenters. The van der Waals surface area contributed by atoms with Gasteiger partial charge in [-0.2, -0.15) is 0 Å². The molecule has 3 rings (SSSR count). The van der Waals surface area contributed by atoms with Crippen LogP contribution in [0.1, 0.15) is 11.1 Å². The Morgan fingerprint density at radius 2 is 0.857 bits per heavy atom. The van der Waals surface area contributed by atoms with E-state index < -0.39 is 14.7 Å². The summed E-state index contributed by atoms with van der Waals surface area (Å²) in [6.07, 6.45) is 0. The fourth-order valence-electron chi connectivity index (χ4n) is 2.48. The topological polar surface area (TPSA) is 0 Å². The van der Waals surface area contributed by atoms with Gasteiger partial charge >= 0.3 is 132 Å². The van der Waals surface area contributed by atoms with Crippen molar-refractivity contribution in [2.45, 2.75) is 10.4 Å². The van der Waals surface area contributed by atoms with E-state index in [1.807, 2.05) is 0 Å². The van der Waals surface area contributed by atoms with E-state index in [1.165, 1.54) is 21.5 Å². The zero-order valence-electron chi connectivity index (χ0n) is 12.0. The fourth-order valence-corrected chi connectivity index (χ4v) is 7.47. The number of hydrogen-bond acceptors (Lipinski definition) is 0. The average molecular weight is 334 g/mol. The number of rotatable bonds is 5. The zero-order chi connectivity index (χ0) is 14.3. The Hall–Kier alpha value is -1.78. The quantitative estimate of drug-likeness (QED) is 0.620. The first-order valence-corrected chi connectivity index (χ1v) is 10.9. The summed E-state index contributed by atoms with van der Waals surface area (Å²) in [7, 11) is 0. The van der Waals surface area contributed by atoms with Gasteiger partial charge in [0.05, 0.1) is 0 Å². The summed E-state index contributed by atoms with van der Waals surface area (Å²) in [6.45, 7) is 0. The molecule has 0 fully saturated rings. The third kappa shape index (κ3) is 4.09. The van der Waals surface area contributed by atoms with Crippen LogP contribution in [0, 0.1) is 0 Å². The van der Waals surface area contributed by atoms with Crippen LogP contribution in [-0.2, 0) is 10.4 Å². The summed E-state index contributed by atoms with van der Waals surface area (Å²) in [4.78, 5) is 0. The van der Waals surface area contributed by atoms with Gasteiger partial charge in [-0.1, -0.05) is 0 Å². The molecule has 104 valence electrons. The summed E-state index contributed by atoms with van der Waals surface area (Å²) < 4.78 is 1.57. The van der Waals surface area contributed by atoms with Crippen LogP contribution in [0.2, 0.25) is 0 Å². The molecule has 0 spiro atoms. The molecule has 0 aliphatic heterocycles. The van der Waals surface area contributed by atoms with Gasteiger partial charge in [-0.3, -0.25) is 0 Å². The molecule has 0 atom stereocenters. The summed E-state index contributed by atoms with van der Waals surface area (Å²) >= 11 is -1.12. The van der Waals surface area contributed by atoms with Crippen LogP contribution in [0.3, 0.4) is 0 Å². The van der Waals surface area contributed by atoms with E-state index in [0.29, 0.717) is 0 Å². The Bertz CT molecular complexity index is 606. The van der Waals surface area contributed by atoms with Gasteiger partial charge in [0.15, 0.2) is 0 Å². The SMILES string of the molecule is c1ccc(C[As](Cc2ccccc2)c2ccccc2)cc1. The molecule has 0 heterocycles. The van der Waals surface area contributed by atoms with Crippen LogP contribution in [0.5, 0.6) is 0 Å². The Kier molecular flexibility index (Phi) is 4.92. The second-order valence-corrected chi connectivity index (χ2v) is 9.84. The van der Waals surface area contributed by atoms with Crippen LogP contribution in [0.15, 0.2) is 91.0 Å². The van der Waals surface area contributed by atoms with E-state index >= 15 is 0 Å². The molecule has 0 nitrogen and oxygen atoms in total. The molecular weight excluding hydrogens is 315 g/mol. The van der Waals surface area contributed by atoms with E-state index in [1.54, 1.807) is 4.35 Å². The van der Waals surface area contributed by atoms with Crippen molar-refractivity contribution in [2.75, 3.05) is 0 Å². The normalized spacial score (nSPS) is 10.7. The van der Waals surface area contributed by atoms with Crippen molar-refractivity contribution in [3.63, 3.8) is 0 Å². The monoisotopic (exact) mass is 334 g/mol. The first kappa shape index (κ1) is 14.2. The summed E-state index contributed by atoms with van der Waals surface area (Å²) in [5, 5.41) is 2.46. The van der Waals surface area contributed by atoms with Crippen LogP contribution < -0.4 is 4.35 Å². The van der Waals surface area contributed by atoms with Crippen molar-refractivity contribution in [1.82, 2.24) is 0 Å². The maximum atomic E-state index is 2.31. The molecule has 0 saturated heterocycles. The second-order valence-electron chi connectivity index (χ2n) is 5.16. The van der Waals surface area contributed by atoms with Gasteiger partial charge in [-0.05, 0) is 0 Å². The molecule has 21 heavy (non-hydrogen) atoms. The molecule has 3 aromatic rings. The minimum absolute atomic E-state index is 1.12. The van der Waals surface area contributed by atoms with Crippen molar-refractivity contribution in [2.24, 2.45) is 0 Å². The zero-order valence-corrected chi connectivity index (χ0v) is 13.9. The third-order valence-corrected chi connectivity index (χ3v) is 8.85. The number of hydrogen-bond donors (Lipinski definition) is 0. The van der Waals surface area contributed by atoms with E-state index in [4.69, 9.17) is 0 Å². The summed E-state index contributed by atoms with van der Waals surface area (Å²) in [5.74, 6) is 0. The van der Waals surface area contributed by atoms with Gasteiger partial charge in [-0.25, -0.2) is 0 Å². The van der Waals surface area contributed by atoms with Gasteiger partial charge in [0.2, 0.25) is 0 Å². The van der Waals surface area contributed by atoms with E-state index in [2.05, 4.69) is 91.0 Å². The molecule has 3 aromatic carbocycles. The Morgan fingerprint density at radius 1 is 0.476 bits per heavy atom. The van der Waals surface area contributed by atoms with Crippen molar-refractivity contribution in [1.29, 1.82) is 0 Å². The van der Waals surface area contributed by atoms with E-state index in [9.17, 15) is 0 Å². The molecule has 0 aromatic heterocycles. The van der Waals surface area contributed by atoms with Crippen LogP contribution >= 0.6 is 0 Å². The van der Waals surface area contributed by atoms with Gasteiger partial charge in [0.1, 0.15) is 0 Å². The first-order valence-electron chi connectivity index (χ1n) is 7.30. The summed E-state index contributed by atoms with van der Waals surface area (Å²) in [5.41, 5.74) is 2.94. The van der Waals surface area contributed by atoms with Crippen LogP contribution in [-0.4, -0.2) is 14.7 Å². The van der Waals surface area contributed by atoms with Crippen molar-refractivity contribution in [3.05, 3.63) is 102 Å². The van der Waals surface area contributed by atoms with Crippen LogP contribution in [0.25, 0.3) is 0 Å². The summed E-state index contributed by atoms with van der Waals surface area (Å²) in [6, 6.07) is 32.9. The van der Waals surface area contributed by atoms with Crippen molar-refractivity contribution >= 4 is 19.0 Å². The Morgan fingerprint density at radius 3 is 1.29 bits per heavy atom. The predicted molar refractivity (Wildman–Crippen MR) is 92.1 cm³/mol. The fraction of sp³-hybridized carbons (Fsp3) is 0.100. The maximum absolute atomic E-state index is 2.31. The van der Waals surface area contributed by atoms with Crippen molar-refractivity contribution in [3.8, 4) is 0 Å². The van der Waals surface area contributed by atoms with E-state index in [0.717, 1.165) is 0 Å². The molecule has 0 aliphatic rings. The number of benzene rings is 3. The molecule has 0 bridgehead atoms. The van der Waals surface area contributed by atoms with E-state index in [-0.39, 0.29) is 0 Å². The predicted octanol–water partition coefficient (Wildman–Crippen LogP) is 3.95. The Labute approximate surface area is 131 Å². The molecule has 1 heteroatoms. The molecule has 0 saturated carbocycles. The van der Waals surface area contributed by atoms with Gasteiger partial charge < -0.3 is 0 Å². The molecule has 0 radical (unpaired) electrons. The molecule has 0 N–H and O–H groups in total. The van der Waals surface area contributed by atoms with Crippen LogP contribution in [0.4, 0.5) is 0 Å². The Balaban J connectivity index is 1.84. The second kappa shape index (κ2) is 7.29. The molecule has 0 amide bonds. The standard InChI is InChI=1S/C20H19As/c1-4-10-18(11-5-1)16-21(20-14-8-3-9-15-20)17-19-12-6-2-7-13-19/h1-15H,16-17H2. The third-order valence-electron chi connectivity index (χ3n) is 3.55. The average Bonchev–Trinajstić information content (AvgIpc) is 2.57. The first-order chi connectivity index (χ1) is 10.4.